The largest absolute Gasteiger partial charge is 0.444 e. The van der Waals surface area contributed by atoms with E-state index in [1.807, 2.05) is 30.3 Å². The summed E-state index contributed by atoms with van der Waals surface area (Å²) in [5.74, 6) is 0. The molecule has 4 nitrogen and oxygen atoms in total. The molecule has 1 radical (unpaired) electrons. The number of alkyl carbamates (subject to hydrolysis) is 1. The fourth-order valence-electron chi connectivity index (χ4n) is 1.42. The number of hydrogen-bond acceptors (Lipinski definition) is 3. The van der Waals surface area contributed by atoms with Gasteiger partial charge in [-0.05, 0) is 26.3 Å². The lowest BCUT2D eigenvalue weighted by atomic mass is 10.1. The molecule has 0 saturated carbocycles. The lowest BCUT2D eigenvalue weighted by Crippen LogP contribution is -2.41. The molecule has 0 unspecified atom stereocenters. The molecule has 97 valence electrons. The third-order valence-electron chi connectivity index (χ3n) is 2.12. The Hall–Kier alpha value is -1.84. The summed E-state index contributed by atoms with van der Waals surface area (Å²) in [4.78, 5) is 22.3. The Morgan fingerprint density at radius 2 is 1.94 bits per heavy atom. The zero-order valence-electron chi connectivity index (χ0n) is 10.9. The highest BCUT2D eigenvalue weighted by atomic mass is 16.6. The van der Waals surface area contributed by atoms with Crippen LogP contribution in [0.25, 0.3) is 0 Å². The monoisotopic (exact) mass is 248 g/mol. The van der Waals surface area contributed by atoms with Crippen LogP contribution in [-0.2, 0) is 16.0 Å². The van der Waals surface area contributed by atoms with E-state index in [9.17, 15) is 9.59 Å². The normalized spacial score (nSPS) is 12.6. The molecule has 0 saturated heterocycles. The highest BCUT2D eigenvalue weighted by Gasteiger charge is 2.19. The first kappa shape index (κ1) is 14.2. The first-order chi connectivity index (χ1) is 8.40. The fourth-order valence-corrected chi connectivity index (χ4v) is 1.42. The van der Waals surface area contributed by atoms with Gasteiger partial charge >= 0.3 is 6.09 Å². The number of hydrogen-bond donors (Lipinski definition) is 1. The molecular formula is C14H18NO3. The van der Waals surface area contributed by atoms with E-state index in [0.717, 1.165) is 5.56 Å². The van der Waals surface area contributed by atoms with Crippen molar-refractivity contribution in [2.24, 2.45) is 0 Å². The second-order valence-electron chi connectivity index (χ2n) is 5.01. The van der Waals surface area contributed by atoms with Crippen LogP contribution in [0, 0.1) is 0 Å². The molecule has 0 heterocycles. The number of rotatable bonds is 4. The molecule has 18 heavy (non-hydrogen) atoms. The lowest BCUT2D eigenvalue weighted by molar-refractivity contribution is 0.0517. The van der Waals surface area contributed by atoms with Gasteiger partial charge in [0.2, 0.25) is 6.29 Å². The summed E-state index contributed by atoms with van der Waals surface area (Å²) < 4.78 is 5.08. The molecule has 0 bridgehead atoms. The molecule has 1 aromatic rings. The van der Waals surface area contributed by atoms with Gasteiger partial charge in [-0.15, -0.1) is 0 Å². The van der Waals surface area contributed by atoms with Crippen LogP contribution in [0.5, 0.6) is 0 Å². The van der Waals surface area contributed by atoms with E-state index in [4.69, 9.17) is 4.74 Å². The van der Waals surface area contributed by atoms with Gasteiger partial charge in [-0.2, -0.15) is 0 Å². The SMILES string of the molecule is CC(C)(C)OC(=O)N[C@@H]([C]=O)Cc1ccccc1. The number of nitrogens with one attached hydrogen (secondary N) is 1. The third-order valence-corrected chi connectivity index (χ3v) is 2.12. The van der Waals surface area contributed by atoms with Crippen LogP contribution in [-0.4, -0.2) is 24.0 Å². The van der Waals surface area contributed by atoms with Crippen molar-refractivity contribution in [1.82, 2.24) is 5.32 Å². The zero-order valence-corrected chi connectivity index (χ0v) is 10.9. The van der Waals surface area contributed by atoms with E-state index >= 15 is 0 Å². The average molecular weight is 248 g/mol. The van der Waals surface area contributed by atoms with Gasteiger partial charge in [0, 0.05) is 6.42 Å². The number of amides is 1. The van der Waals surface area contributed by atoms with Crippen molar-refractivity contribution < 1.29 is 14.3 Å². The Morgan fingerprint density at radius 1 is 1.33 bits per heavy atom. The Labute approximate surface area is 107 Å². The van der Waals surface area contributed by atoms with Gasteiger partial charge in [-0.1, -0.05) is 30.3 Å². The average Bonchev–Trinajstić information content (AvgIpc) is 2.27. The number of carbonyl (C=O) groups excluding carboxylic acids is 2. The fraction of sp³-hybridized carbons (Fsp3) is 0.429. The van der Waals surface area contributed by atoms with Crippen molar-refractivity contribution in [2.45, 2.75) is 38.8 Å². The molecule has 1 rings (SSSR count). The van der Waals surface area contributed by atoms with Crippen molar-refractivity contribution in [2.75, 3.05) is 0 Å². The molecule has 1 atom stereocenters. The van der Waals surface area contributed by atoms with Gasteiger partial charge in [0.1, 0.15) is 11.6 Å². The van der Waals surface area contributed by atoms with Crippen molar-refractivity contribution in [1.29, 1.82) is 0 Å². The van der Waals surface area contributed by atoms with Gasteiger partial charge in [0.25, 0.3) is 0 Å². The van der Waals surface area contributed by atoms with Crippen molar-refractivity contribution >= 4 is 12.4 Å². The maximum atomic E-state index is 11.5. The molecule has 1 amide bonds. The topological polar surface area (TPSA) is 55.4 Å². The maximum absolute atomic E-state index is 11.5. The predicted octanol–water partition coefficient (Wildman–Crippen LogP) is 2.23. The molecule has 1 aromatic carbocycles. The third kappa shape index (κ3) is 5.48. The van der Waals surface area contributed by atoms with E-state index in [2.05, 4.69) is 5.32 Å². The molecule has 0 aliphatic carbocycles. The quantitative estimate of drug-likeness (QED) is 0.889. The molecule has 1 N–H and O–H groups in total. The maximum Gasteiger partial charge on any atom is 0.408 e. The Kier molecular flexibility index (Phi) is 4.89. The van der Waals surface area contributed by atoms with Crippen molar-refractivity contribution in [3.63, 3.8) is 0 Å². The van der Waals surface area contributed by atoms with Gasteiger partial charge in [-0.3, -0.25) is 4.79 Å². The molecule has 4 heteroatoms. The van der Waals surface area contributed by atoms with E-state index in [1.165, 1.54) is 0 Å². The van der Waals surface area contributed by atoms with Crippen LogP contribution in [0.2, 0.25) is 0 Å². The first-order valence-electron chi connectivity index (χ1n) is 5.82. The number of ether oxygens (including phenoxy) is 1. The smallest absolute Gasteiger partial charge is 0.408 e. The summed E-state index contributed by atoms with van der Waals surface area (Å²) in [6, 6.07) is 8.74. The summed E-state index contributed by atoms with van der Waals surface area (Å²) >= 11 is 0. The van der Waals surface area contributed by atoms with Crippen LogP contribution in [0.3, 0.4) is 0 Å². The highest BCUT2D eigenvalue weighted by Crippen LogP contribution is 2.07. The van der Waals surface area contributed by atoms with E-state index < -0.39 is 17.7 Å². The van der Waals surface area contributed by atoms with E-state index in [-0.39, 0.29) is 0 Å². The summed E-state index contributed by atoms with van der Waals surface area (Å²) in [5, 5.41) is 2.49. The summed E-state index contributed by atoms with van der Waals surface area (Å²) in [7, 11) is 0. The minimum Gasteiger partial charge on any atom is -0.444 e. The molecule has 0 fully saturated rings. The van der Waals surface area contributed by atoms with Crippen LogP contribution >= 0.6 is 0 Å². The van der Waals surface area contributed by atoms with Gasteiger partial charge in [-0.25, -0.2) is 4.79 Å². The van der Waals surface area contributed by atoms with E-state index in [1.54, 1.807) is 27.1 Å². The Bertz CT molecular complexity index is 395. The lowest BCUT2D eigenvalue weighted by Gasteiger charge is -2.21. The zero-order chi connectivity index (χ0) is 13.6. The Morgan fingerprint density at radius 3 is 2.44 bits per heavy atom. The van der Waals surface area contributed by atoms with Crippen molar-refractivity contribution in [3.05, 3.63) is 35.9 Å². The molecule has 0 spiro atoms. The first-order valence-corrected chi connectivity index (χ1v) is 5.82. The number of carbonyl (C=O) groups is 1. The number of benzene rings is 1. The predicted molar refractivity (Wildman–Crippen MR) is 69.0 cm³/mol. The van der Waals surface area contributed by atoms with Gasteiger partial charge in [0.15, 0.2) is 0 Å². The highest BCUT2D eigenvalue weighted by molar-refractivity contribution is 5.73. The molecule has 0 aromatic heterocycles. The molecule has 0 aliphatic rings. The standard InChI is InChI=1S/C14H18NO3/c1-14(2,3)18-13(17)15-12(10-16)9-11-7-5-4-6-8-11/h4-8,12H,9H2,1-3H3,(H,15,17)/t12-/m1/s1. The van der Waals surface area contributed by atoms with Crippen LogP contribution in [0.4, 0.5) is 4.79 Å². The summed E-state index contributed by atoms with van der Waals surface area (Å²) in [6.45, 7) is 5.30. The molecular weight excluding hydrogens is 230 g/mol. The van der Waals surface area contributed by atoms with Crippen LogP contribution < -0.4 is 5.32 Å². The van der Waals surface area contributed by atoms with Gasteiger partial charge < -0.3 is 10.1 Å². The van der Waals surface area contributed by atoms with Crippen molar-refractivity contribution in [3.8, 4) is 0 Å². The second-order valence-corrected chi connectivity index (χ2v) is 5.01. The minimum absolute atomic E-state index is 0.406. The van der Waals surface area contributed by atoms with E-state index in [0.29, 0.717) is 6.42 Å². The minimum atomic E-state index is -0.692. The summed E-state index contributed by atoms with van der Waals surface area (Å²) in [6.07, 6.45) is 1.61. The Balaban J connectivity index is 2.53. The van der Waals surface area contributed by atoms with Crippen LogP contribution in [0.15, 0.2) is 30.3 Å². The molecule has 0 aliphatic heterocycles. The summed E-state index contributed by atoms with van der Waals surface area (Å²) in [5.41, 5.74) is 0.381. The van der Waals surface area contributed by atoms with Gasteiger partial charge in [0.05, 0.1) is 0 Å². The second kappa shape index (κ2) is 6.19. The van der Waals surface area contributed by atoms with Crippen LogP contribution in [0.1, 0.15) is 26.3 Å².